The van der Waals surface area contributed by atoms with E-state index in [4.69, 9.17) is 9.47 Å². The maximum atomic E-state index is 5.53. The maximum Gasteiger partial charge on any atom is 0.119 e. The third-order valence-corrected chi connectivity index (χ3v) is 4.06. The van der Waals surface area contributed by atoms with Gasteiger partial charge in [0, 0.05) is 25.2 Å². The molecular weight excluding hydrogens is 264 g/mol. The Morgan fingerprint density at radius 3 is 3.05 bits per heavy atom. The second kappa shape index (κ2) is 8.37. The molecule has 0 aromatic heterocycles. The fraction of sp³-hybridized carbons (Fsp3) is 0.647. The van der Waals surface area contributed by atoms with Gasteiger partial charge in [0.25, 0.3) is 0 Å². The number of nitrogens with zero attached hydrogens (tertiary/aromatic N) is 1. The van der Waals surface area contributed by atoms with Crippen LogP contribution in [-0.4, -0.2) is 50.9 Å². The molecule has 21 heavy (non-hydrogen) atoms. The van der Waals surface area contributed by atoms with E-state index in [9.17, 15) is 0 Å². The summed E-state index contributed by atoms with van der Waals surface area (Å²) in [6, 6.07) is 9.20. The van der Waals surface area contributed by atoms with E-state index in [2.05, 4.69) is 42.3 Å². The Bertz CT molecular complexity index is 425. The first-order valence-corrected chi connectivity index (χ1v) is 7.93. The molecule has 1 saturated heterocycles. The number of methoxy groups -OCH3 is 1. The Labute approximate surface area is 128 Å². The third kappa shape index (κ3) is 4.70. The predicted octanol–water partition coefficient (Wildman–Crippen LogP) is 2.46. The largest absolute Gasteiger partial charge is 0.497 e. The van der Waals surface area contributed by atoms with E-state index in [0.29, 0.717) is 12.1 Å². The van der Waals surface area contributed by atoms with Crippen molar-refractivity contribution in [3.8, 4) is 5.75 Å². The summed E-state index contributed by atoms with van der Waals surface area (Å²) >= 11 is 0. The van der Waals surface area contributed by atoms with Crippen molar-refractivity contribution in [3.05, 3.63) is 29.8 Å². The minimum absolute atomic E-state index is 0.334. The van der Waals surface area contributed by atoms with E-state index in [1.807, 2.05) is 6.07 Å². The van der Waals surface area contributed by atoms with E-state index < -0.39 is 0 Å². The number of morpholine rings is 1. The van der Waals surface area contributed by atoms with Gasteiger partial charge in [0.2, 0.25) is 0 Å². The van der Waals surface area contributed by atoms with Gasteiger partial charge in [-0.1, -0.05) is 19.1 Å². The van der Waals surface area contributed by atoms with Crippen LogP contribution in [0.15, 0.2) is 24.3 Å². The summed E-state index contributed by atoms with van der Waals surface area (Å²) in [4.78, 5) is 2.51. The molecule has 0 spiro atoms. The van der Waals surface area contributed by atoms with Gasteiger partial charge < -0.3 is 14.8 Å². The summed E-state index contributed by atoms with van der Waals surface area (Å²) in [5, 5.41) is 3.67. The van der Waals surface area contributed by atoms with Gasteiger partial charge >= 0.3 is 0 Å². The Balaban J connectivity index is 2.08. The van der Waals surface area contributed by atoms with Crippen LogP contribution in [0.3, 0.4) is 0 Å². The van der Waals surface area contributed by atoms with Gasteiger partial charge in [0.05, 0.1) is 20.3 Å². The molecule has 1 aliphatic heterocycles. The van der Waals surface area contributed by atoms with Crippen LogP contribution in [-0.2, 0) is 4.74 Å². The molecule has 0 amide bonds. The topological polar surface area (TPSA) is 33.7 Å². The average Bonchev–Trinajstić information content (AvgIpc) is 2.53. The summed E-state index contributed by atoms with van der Waals surface area (Å²) in [6.07, 6.45) is 1.14. The van der Waals surface area contributed by atoms with Crippen LogP contribution in [0.2, 0.25) is 0 Å². The molecule has 1 aromatic carbocycles. The van der Waals surface area contributed by atoms with Crippen molar-refractivity contribution in [3.63, 3.8) is 0 Å². The average molecular weight is 292 g/mol. The van der Waals surface area contributed by atoms with Crippen molar-refractivity contribution in [2.24, 2.45) is 0 Å². The van der Waals surface area contributed by atoms with Crippen LogP contribution < -0.4 is 10.1 Å². The lowest BCUT2D eigenvalue weighted by Crippen LogP contribution is -2.47. The normalized spacial score (nSPS) is 21.2. The molecule has 2 atom stereocenters. The molecule has 0 radical (unpaired) electrons. The molecule has 118 valence electrons. The summed E-state index contributed by atoms with van der Waals surface area (Å²) in [6.45, 7) is 9.16. The van der Waals surface area contributed by atoms with Crippen LogP contribution in [0.25, 0.3) is 0 Å². The zero-order chi connectivity index (χ0) is 15.1. The van der Waals surface area contributed by atoms with Gasteiger partial charge in [-0.25, -0.2) is 0 Å². The van der Waals surface area contributed by atoms with E-state index in [-0.39, 0.29) is 0 Å². The minimum atomic E-state index is 0.334. The molecule has 0 saturated carbocycles. The van der Waals surface area contributed by atoms with Gasteiger partial charge in [0.15, 0.2) is 0 Å². The van der Waals surface area contributed by atoms with Crippen molar-refractivity contribution < 1.29 is 9.47 Å². The molecule has 1 heterocycles. The Hall–Kier alpha value is -1.10. The van der Waals surface area contributed by atoms with Gasteiger partial charge in [-0.05, 0) is 37.6 Å². The predicted molar refractivity (Wildman–Crippen MR) is 85.9 cm³/mol. The van der Waals surface area contributed by atoms with E-state index in [1.54, 1.807) is 7.11 Å². The SMILES string of the molecule is CCCNC(CN1CCOCC1C)c1cccc(OC)c1. The highest BCUT2D eigenvalue weighted by atomic mass is 16.5. The van der Waals surface area contributed by atoms with Crippen molar-refractivity contribution >= 4 is 0 Å². The van der Waals surface area contributed by atoms with E-state index in [1.165, 1.54) is 5.56 Å². The fourth-order valence-corrected chi connectivity index (χ4v) is 2.73. The summed E-state index contributed by atoms with van der Waals surface area (Å²) < 4.78 is 10.9. The highest BCUT2D eigenvalue weighted by Crippen LogP contribution is 2.21. The van der Waals surface area contributed by atoms with Crippen molar-refractivity contribution in [1.29, 1.82) is 0 Å². The van der Waals surface area contributed by atoms with E-state index in [0.717, 1.165) is 45.0 Å². The summed E-state index contributed by atoms with van der Waals surface area (Å²) in [7, 11) is 1.72. The number of hydrogen-bond acceptors (Lipinski definition) is 4. The first-order valence-electron chi connectivity index (χ1n) is 7.93. The van der Waals surface area contributed by atoms with Gasteiger partial charge in [-0.15, -0.1) is 0 Å². The number of nitrogens with one attached hydrogen (secondary N) is 1. The molecular formula is C17H28N2O2. The summed E-state index contributed by atoms with van der Waals surface area (Å²) in [5.74, 6) is 0.922. The quantitative estimate of drug-likeness (QED) is 0.837. The molecule has 1 aliphatic rings. The lowest BCUT2D eigenvalue weighted by atomic mass is 10.0. The second-order valence-electron chi connectivity index (χ2n) is 5.70. The molecule has 2 unspecified atom stereocenters. The summed E-state index contributed by atoms with van der Waals surface area (Å²) in [5.41, 5.74) is 1.29. The molecule has 4 nitrogen and oxygen atoms in total. The molecule has 2 rings (SSSR count). The smallest absolute Gasteiger partial charge is 0.119 e. The molecule has 1 N–H and O–H groups in total. The van der Waals surface area contributed by atoms with Crippen molar-refractivity contribution in [1.82, 2.24) is 10.2 Å². The third-order valence-electron chi connectivity index (χ3n) is 4.06. The van der Waals surface area contributed by atoms with Crippen LogP contribution >= 0.6 is 0 Å². The standard InChI is InChI=1S/C17H28N2O2/c1-4-8-18-17(12-19-9-10-21-13-14(19)2)15-6-5-7-16(11-15)20-3/h5-7,11,14,17-18H,4,8-10,12-13H2,1-3H3. The van der Waals surface area contributed by atoms with Gasteiger partial charge in [-0.3, -0.25) is 4.90 Å². The Morgan fingerprint density at radius 2 is 2.33 bits per heavy atom. The molecule has 1 fully saturated rings. The highest BCUT2D eigenvalue weighted by Gasteiger charge is 2.23. The zero-order valence-corrected chi connectivity index (χ0v) is 13.5. The molecule has 0 aliphatic carbocycles. The minimum Gasteiger partial charge on any atom is -0.497 e. The molecule has 0 bridgehead atoms. The molecule has 1 aromatic rings. The lowest BCUT2D eigenvalue weighted by Gasteiger charge is -2.36. The Kier molecular flexibility index (Phi) is 6.49. The van der Waals surface area contributed by atoms with Gasteiger partial charge in [0.1, 0.15) is 5.75 Å². The monoisotopic (exact) mass is 292 g/mol. The van der Waals surface area contributed by atoms with E-state index >= 15 is 0 Å². The zero-order valence-electron chi connectivity index (χ0n) is 13.5. The number of benzene rings is 1. The first kappa shape index (κ1) is 16.3. The second-order valence-corrected chi connectivity index (χ2v) is 5.70. The van der Waals surface area contributed by atoms with Crippen LogP contribution in [0, 0.1) is 0 Å². The maximum absolute atomic E-state index is 5.53. The van der Waals surface area contributed by atoms with Gasteiger partial charge in [-0.2, -0.15) is 0 Å². The number of hydrogen-bond donors (Lipinski definition) is 1. The van der Waals surface area contributed by atoms with Crippen LogP contribution in [0.1, 0.15) is 31.9 Å². The number of ether oxygens (including phenoxy) is 2. The fourth-order valence-electron chi connectivity index (χ4n) is 2.73. The Morgan fingerprint density at radius 1 is 1.48 bits per heavy atom. The van der Waals surface area contributed by atoms with Crippen molar-refractivity contribution in [2.75, 3.05) is 40.0 Å². The first-order chi connectivity index (χ1) is 10.2. The lowest BCUT2D eigenvalue weighted by molar-refractivity contribution is -0.00449. The van der Waals surface area contributed by atoms with Crippen LogP contribution in [0.4, 0.5) is 0 Å². The molecule has 4 heteroatoms. The highest BCUT2D eigenvalue weighted by molar-refractivity contribution is 5.30. The number of rotatable bonds is 7. The van der Waals surface area contributed by atoms with Crippen LogP contribution in [0.5, 0.6) is 5.75 Å². The van der Waals surface area contributed by atoms with Crippen molar-refractivity contribution in [2.45, 2.75) is 32.4 Å².